The molecular weight excluding hydrogens is 437 g/mol. The van der Waals surface area contributed by atoms with Crippen LogP contribution < -0.4 is 4.74 Å². The number of hydrogen-bond acceptors (Lipinski definition) is 5. The van der Waals surface area contributed by atoms with Crippen LogP contribution in [0.1, 0.15) is 16.2 Å². The predicted molar refractivity (Wildman–Crippen MR) is 99.0 cm³/mol. The van der Waals surface area contributed by atoms with E-state index in [4.69, 9.17) is 4.74 Å². The van der Waals surface area contributed by atoms with Crippen molar-refractivity contribution in [3.05, 3.63) is 79.9 Å². The second-order valence-electron chi connectivity index (χ2n) is 5.19. The van der Waals surface area contributed by atoms with Crippen molar-refractivity contribution in [3.63, 3.8) is 0 Å². The van der Waals surface area contributed by atoms with Gasteiger partial charge in [0.25, 0.3) is 0 Å². The molecule has 25 heavy (non-hydrogen) atoms. The number of hydrogen-bond donors (Lipinski definition) is 0. The minimum absolute atomic E-state index is 0.0726. The number of nitro benzene ring substituents is 1. The smallest absolute Gasteiger partial charge is 0.312 e. The molecule has 0 unspecified atom stereocenters. The third kappa shape index (κ3) is 3.68. The first-order valence-corrected chi connectivity index (χ1v) is 8.27. The predicted octanol–water partition coefficient (Wildman–Crippen LogP) is 3.96. The van der Waals surface area contributed by atoms with Gasteiger partial charge >= 0.3 is 5.69 Å². The molecule has 0 atom stereocenters. The fourth-order valence-electron chi connectivity index (χ4n) is 2.26. The summed E-state index contributed by atoms with van der Waals surface area (Å²) in [5.74, 6) is 0.374. The first kappa shape index (κ1) is 17.1. The molecule has 2 aromatic carbocycles. The zero-order valence-corrected chi connectivity index (χ0v) is 15.2. The highest BCUT2D eigenvalue weighted by Gasteiger charge is 2.22. The summed E-state index contributed by atoms with van der Waals surface area (Å²) in [7, 11) is 1.68. The molecule has 0 aliphatic heterocycles. The summed E-state index contributed by atoms with van der Waals surface area (Å²) in [5, 5.41) is 11.4. The summed E-state index contributed by atoms with van der Waals surface area (Å²) in [6.45, 7) is 0. The summed E-state index contributed by atoms with van der Waals surface area (Å²) in [6.07, 6.45) is 3.13. The Bertz CT molecular complexity index is 968. The summed E-state index contributed by atoms with van der Waals surface area (Å²) in [4.78, 5) is 27.3. The lowest BCUT2D eigenvalue weighted by molar-refractivity contribution is -0.385. The Morgan fingerprint density at radius 3 is 2.72 bits per heavy atom. The van der Waals surface area contributed by atoms with E-state index in [1.807, 2.05) is 6.07 Å². The van der Waals surface area contributed by atoms with Crippen molar-refractivity contribution in [2.24, 2.45) is 7.05 Å². The molecule has 0 radical (unpaired) electrons. The van der Waals surface area contributed by atoms with E-state index in [-0.39, 0.29) is 22.8 Å². The molecule has 1 aromatic heterocycles. The first-order chi connectivity index (χ1) is 12.0. The fourth-order valence-corrected chi connectivity index (χ4v) is 2.77. The lowest BCUT2D eigenvalue weighted by atomic mass is 10.1. The number of aryl methyl sites for hydroxylation is 1. The van der Waals surface area contributed by atoms with Gasteiger partial charge in [-0.2, -0.15) is 0 Å². The van der Waals surface area contributed by atoms with Crippen LogP contribution in [-0.4, -0.2) is 20.3 Å². The Hall–Kier alpha value is -2.75. The summed E-state index contributed by atoms with van der Waals surface area (Å²) in [5.41, 5.74) is -0.102. The highest BCUT2D eigenvalue weighted by atomic mass is 127. The van der Waals surface area contributed by atoms with Crippen LogP contribution >= 0.6 is 22.6 Å². The Labute approximate surface area is 156 Å². The summed E-state index contributed by atoms with van der Waals surface area (Å²) >= 11 is 2.13. The number of halogens is 1. The summed E-state index contributed by atoms with van der Waals surface area (Å²) < 4.78 is 8.13. The molecule has 0 saturated heterocycles. The van der Waals surface area contributed by atoms with Crippen molar-refractivity contribution in [1.29, 1.82) is 0 Å². The van der Waals surface area contributed by atoms with Gasteiger partial charge in [-0.05, 0) is 52.9 Å². The van der Waals surface area contributed by atoms with Crippen LogP contribution in [0.4, 0.5) is 5.69 Å². The van der Waals surface area contributed by atoms with Gasteiger partial charge in [-0.25, -0.2) is 4.98 Å². The molecule has 3 aromatic rings. The molecule has 0 fully saturated rings. The lowest BCUT2D eigenvalue weighted by Crippen LogP contribution is -2.09. The van der Waals surface area contributed by atoms with Crippen LogP contribution in [-0.2, 0) is 7.05 Å². The quantitative estimate of drug-likeness (QED) is 0.255. The number of nitro groups is 1. The van der Waals surface area contributed by atoms with E-state index in [9.17, 15) is 14.9 Å². The van der Waals surface area contributed by atoms with E-state index >= 15 is 0 Å². The van der Waals surface area contributed by atoms with E-state index in [2.05, 4.69) is 27.6 Å². The monoisotopic (exact) mass is 449 g/mol. The Morgan fingerprint density at radius 1 is 1.28 bits per heavy atom. The largest absolute Gasteiger partial charge is 0.450 e. The number of imidazole rings is 1. The molecular formula is C17H12IN3O4. The van der Waals surface area contributed by atoms with Gasteiger partial charge in [0.1, 0.15) is 5.75 Å². The number of ether oxygens (including phenoxy) is 1. The highest BCUT2D eigenvalue weighted by Crippen LogP contribution is 2.33. The molecule has 126 valence electrons. The van der Waals surface area contributed by atoms with Gasteiger partial charge in [0.05, 0.1) is 4.92 Å². The zero-order chi connectivity index (χ0) is 18.0. The molecule has 1 heterocycles. The SMILES string of the molecule is Cn1ccnc1C(=O)c1ccc(Oc2cccc(I)c2)c([N+](=O)[O-])c1. The second kappa shape index (κ2) is 7.01. The van der Waals surface area contributed by atoms with E-state index in [0.29, 0.717) is 5.75 Å². The average molecular weight is 449 g/mol. The van der Waals surface area contributed by atoms with Crippen LogP contribution in [0.25, 0.3) is 0 Å². The van der Waals surface area contributed by atoms with E-state index in [1.165, 1.54) is 24.4 Å². The number of carbonyl (C=O) groups is 1. The van der Waals surface area contributed by atoms with Crippen molar-refractivity contribution < 1.29 is 14.5 Å². The molecule has 0 spiro atoms. The van der Waals surface area contributed by atoms with Crippen LogP contribution in [0.3, 0.4) is 0 Å². The molecule has 7 nitrogen and oxygen atoms in total. The van der Waals surface area contributed by atoms with Crippen molar-refractivity contribution in [2.75, 3.05) is 0 Å². The molecule has 0 saturated carbocycles. The van der Waals surface area contributed by atoms with E-state index in [1.54, 1.807) is 36.0 Å². The number of carbonyl (C=O) groups excluding carboxylic acids is 1. The van der Waals surface area contributed by atoms with E-state index < -0.39 is 10.7 Å². The number of nitrogens with zero attached hydrogens (tertiary/aromatic N) is 3. The maximum atomic E-state index is 12.5. The van der Waals surface area contributed by atoms with Gasteiger partial charge < -0.3 is 9.30 Å². The van der Waals surface area contributed by atoms with Crippen LogP contribution in [0, 0.1) is 13.7 Å². The van der Waals surface area contributed by atoms with Crippen molar-refractivity contribution in [1.82, 2.24) is 9.55 Å². The normalized spacial score (nSPS) is 10.5. The Kier molecular flexibility index (Phi) is 4.79. The molecule has 0 amide bonds. The number of rotatable bonds is 5. The molecule has 0 aliphatic carbocycles. The van der Waals surface area contributed by atoms with Gasteiger partial charge in [-0.15, -0.1) is 0 Å². The molecule has 0 N–H and O–H groups in total. The van der Waals surface area contributed by atoms with Crippen LogP contribution in [0.2, 0.25) is 0 Å². The maximum absolute atomic E-state index is 12.5. The van der Waals surface area contributed by atoms with Crippen molar-refractivity contribution >= 4 is 34.1 Å². The lowest BCUT2D eigenvalue weighted by Gasteiger charge is -2.08. The Morgan fingerprint density at radius 2 is 2.08 bits per heavy atom. The number of ketones is 1. The third-order valence-electron chi connectivity index (χ3n) is 3.47. The number of aromatic nitrogens is 2. The number of benzene rings is 2. The minimum Gasteiger partial charge on any atom is -0.450 e. The van der Waals surface area contributed by atoms with Gasteiger partial charge in [0.15, 0.2) is 5.82 Å². The maximum Gasteiger partial charge on any atom is 0.312 e. The topological polar surface area (TPSA) is 87.3 Å². The molecule has 8 heteroatoms. The van der Waals surface area contributed by atoms with Gasteiger partial charge in [0, 0.05) is 34.6 Å². The van der Waals surface area contributed by atoms with Crippen LogP contribution in [0.5, 0.6) is 11.5 Å². The second-order valence-corrected chi connectivity index (χ2v) is 6.44. The fraction of sp³-hybridized carbons (Fsp3) is 0.0588. The molecule has 0 aliphatic rings. The average Bonchev–Trinajstić information content (AvgIpc) is 3.00. The summed E-state index contributed by atoms with van der Waals surface area (Å²) in [6, 6.07) is 11.3. The molecule has 3 rings (SSSR count). The van der Waals surface area contributed by atoms with Crippen molar-refractivity contribution in [2.45, 2.75) is 0 Å². The van der Waals surface area contributed by atoms with Gasteiger partial charge in [-0.3, -0.25) is 14.9 Å². The molecule has 0 bridgehead atoms. The third-order valence-corrected chi connectivity index (χ3v) is 4.14. The van der Waals surface area contributed by atoms with Crippen molar-refractivity contribution in [3.8, 4) is 11.5 Å². The highest BCUT2D eigenvalue weighted by molar-refractivity contribution is 14.1. The van der Waals surface area contributed by atoms with Gasteiger partial charge in [-0.1, -0.05) is 6.07 Å². The Balaban J connectivity index is 1.97. The first-order valence-electron chi connectivity index (χ1n) is 7.19. The van der Waals surface area contributed by atoms with Crippen LogP contribution in [0.15, 0.2) is 54.9 Å². The zero-order valence-electron chi connectivity index (χ0n) is 13.0. The standard InChI is InChI=1S/C17H12IN3O4/c1-20-8-7-19-17(20)16(22)11-5-6-15(14(9-11)21(23)24)25-13-4-2-3-12(18)10-13/h2-10H,1H3. The van der Waals surface area contributed by atoms with Gasteiger partial charge in [0.2, 0.25) is 11.5 Å². The van der Waals surface area contributed by atoms with E-state index in [0.717, 1.165) is 3.57 Å². The minimum atomic E-state index is -0.571.